The summed E-state index contributed by atoms with van der Waals surface area (Å²) in [7, 11) is -3.78. The number of nitrogens with zero attached hydrogens (tertiary/aromatic N) is 1. The number of hydrogen-bond donors (Lipinski definition) is 2. The van der Waals surface area contributed by atoms with Crippen molar-refractivity contribution in [3.8, 4) is 5.75 Å². The number of carbonyl (C=O) groups excluding carboxylic acids is 1. The van der Waals surface area contributed by atoms with Gasteiger partial charge in [0.05, 0.1) is 4.90 Å². The van der Waals surface area contributed by atoms with E-state index in [9.17, 15) is 18.3 Å². The molecule has 1 aliphatic heterocycles. The van der Waals surface area contributed by atoms with Crippen LogP contribution in [0.15, 0.2) is 53.4 Å². The molecule has 0 radical (unpaired) electrons. The standard InChI is InChI=1S/C24H32N2O4S/c1-17(2)16-23(25-31(29,30)22-10-4-18(3)5-11-22)24(28)26-14-12-20(13-15-26)19-6-8-21(27)9-7-19/h4-11,17,20,23,25,27H,12-16H2,1-3H3. The summed E-state index contributed by atoms with van der Waals surface area (Å²) in [4.78, 5) is 15.2. The molecule has 168 valence electrons. The second-order valence-electron chi connectivity index (χ2n) is 8.81. The van der Waals surface area contributed by atoms with Gasteiger partial charge in [-0.1, -0.05) is 43.7 Å². The zero-order valence-electron chi connectivity index (χ0n) is 18.4. The first-order chi connectivity index (χ1) is 14.7. The molecule has 0 aliphatic carbocycles. The molecule has 6 nitrogen and oxygen atoms in total. The summed E-state index contributed by atoms with van der Waals surface area (Å²) in [6.07, 6.45) is 2.08. The lowest BCUT2D eigenvalue weighted by Crippen LogP contribution is -2.51. The average molecular weight is 445 g/mol. The third-order valence-corrected chi connectivity index (χ3v) is 7.29. The van der Waals surface area contributed by atoms with Crippen molar-refractivity contribution in [2.24, 2.45) is 5.92 Å². The van der Waals surface area contributed by atoms with Crippen molar-refractivity contribution in [1.82, 2.24) is 9.62 Å². The number of phenols is 1. The summed E-state index contributed by atoms with van der Waals surface area (Å²) in [6.45, 7) is 7.04. The van der Waals surface area contributed by atoms with E-state index in [1.54, 1.807) is 41.3 Å². The number of rotatable bonds is 7. The molecule has 1 saturated heterocycles. The quantitative estimate of drug-likeness (QED) is 0.680. The van der Waals surface area contributed by atoms with Gasteiger partial charge in [-0.2, -0.15) is 4.72 Å². The molecule has 2 aromatic carbocycles. The zero-order chi connectivity index (χ0) is 22.6. The fraction of sp³-hybridized carbons (Fsp3) is 0.458. The number of nitrogens with one attached hydrogen (secondary N) is 1. The lowest BCUT2D eigenvalue weighted by molar-refractivity contribution is -0.134. The maximum absolute atomic E-state index is 13.3. The molecular weight excluding hydrogens is 412 g/mol. The van der Waals surface area contributed by atoms with Crippen LogP contribution < -0.4 is 4.72 Å². The minimum Gasteiger partial charge on any atom is -0.508 e. The number of phenolic OH excluding ortho intramolecular Hbond substituents is 1. The van der Waals surface area contributed by atoms with Crippen LogP contribution >= 0.6 is 0 Å². The Labute approximate surface area is 185 Å². The van der Waals surface area contributed by atoms with Gasteiger partial charge in [0.15, 0.2) is 0 Å². The van der Waals surface area contributed by atoms with Gasteiger partial charge in [0.1, 0.15) is 11.8 Å². The van der Waals surface area contributed by atoms with Crippen LogP contribution in [0.5, 0.6) is 5.75 Å². The fourth-order valence-corrected chi connectivity index (χ4v) is 5.25. The summed E-state index contributed by atoms with van der Waals surface area (Å²) >= 11 is 0. The van der Waals surface area contributed by atoms with Crippen LogP contribution in [0.25, 0.3) is 0 Å². The van der Waals surface area contributed by atoms with Gasteiger partial charge in [-0.3, -0.25) is 4.79 Å². The molecule has 2 aromatic rings. The highest BCUT2D eigenvalue weighted by Gasteiger charge is 2.32. The molecule has 0 saturated carbocycles. The van der Waals surface area contributed by atoms with E-state index in [1.807, 2.05) is 32.9 Å². The molecule has 1 atom stereocenters. The van der Waals surface area contributed by atoms with Gasteiger partial charge in [-0.05, 0) is 67.9 Å². The Morgan fingerprint density at radius 1 is 1.06 bits per heavy atom. The molecule has 0 bridgehead atoms. The fourth-order valence-electron chi connectivity index (χ4n) is 4.04. The molecule has 0 spiro atoms. The number of likely N-dealkylation sites (tertiary alicyclic amines) is 1. The maximum Gasteiger partial charge on any atom is 0.241 e. The second-order valence-corrected chi connectivity index (χ2v) is 10.5. The Kier molecular flexibility index (Phi) is 7.38. The molecule has 0 aromatic heterocycles. The molecule has 1 heterocycles. The lowest BCUT2D eigenvalue weighted by atomic mass is 9.89. The van der Waals surface area contributed by atoms with E-state index in [-0.39, 0.29) is 22.5 Å². The summed E-state index contributed by atoms with van der Waals surface area (Å²) in [5.41, 5.74) is 2.13. The van der Waals surface area contributed by atoms with E-state index in [2.05, 4.69) is 4.72 Å². The van der Waals surface area contributed by atoms with E-state index in [1.165, 1.54) is 0 Å². The molecule has 1 fully saturated rings. The Morgan fingerprint density at radius 2 is 1.65 bits per heavy atom. The van der Waals surface area contributed by atoms with Crippen molar-refractivity contribution in [3.05, 3.63) is 59.7 Å². The SMILES string of the molecule is Cc1ccc(S(=O)(=O)NC(CC(C)C)C(=O)N2CCC(c3ccc(O)cc3)CC2)cc1. The van der Waals surface area contributed by atoms with Gasteiger partial charge in [-0.15, -0.1) is 0 Å². The first-order valence-corrected chi connectivity index (χ1v) is 12.3. The largest absolute Gasteiger partial charge is 0.508 e. The van der Waals surface area contributed by atoms with Crippen LogP contribution in [0.1, 0.15) is 50.2 Å². The number of piperidine rings is 1. The van der Waals surface area contributed by atoms with Gasteiger partial charge >= 0.3 is 0 Å². The number of benzene rings is 2. The Bertz CT molecular complexity index is 977. The molecule has 31 heavy (non-hydrogen) atoms. The number of aromatic hydroxyl groups is 1. The van der Waals surface area contributed by atoms with Crippen molar-refractivity contribution >= 4 is 15.9 Å². The Morgan fingerprint density at radius 3 is 2.19 bits per heavy atom. The van der Waals surface area contributed by atoms with Crippen molar-refractivity contribution in [3.63, 3.8) is 0 Å². The van der Waals surface area contributed by atoms with Gasteiger partial charge in [-0.25, -0.2) is 8.42 Å². The smallest absolute Gasteiger partial charge is 0.241 e. The average Bonchev–Trinajstić information content (AvgIpc) is 2.73. The third-order valence-electron chi connectivity index (χ3n) is 5.81. The number of hydrogen-bond acceptors (Lipinski definition) is 4. The molecule has 2 N–H and O–H groups in total. The van der Waals surface area contributed by atoms with Gasteiger partial charge < -0.3 is 10.0 Å². The Balaban J connectivity index is 1.68. The first-order valence-electron chi connectivity index (χ1n) is 10.8. The van der Waals surface area contributed by atoms with E-state index in [0.29, 0.717) is 25.4 Å². The number of aryl methyl sites for hydroxylation is 1. The summed E-state index contributed by atoms with van der Waals surface area (Å²) < 4.78 is 28.4. The number of sulfonamides is 1. The molecule has 7 heteroatoms. The van der Waals surface area contributed by atoms with E-state index >= 15 is 0 Å². The molecule has 1 aliphatic rings. The van der Waals surface area contributed by atoms with Crippen LogP contribution in [0.3, 0.4) is 0 Å². The number of carbonyl (C=O) groups is 1. The number of amides is 1. The van der Waals surface area contributed by atoms with Crippen molar-refractivity contribution < 1.29 is 18.3 Å². The highest BCUT2D eigenvalue weighted by atomic mass is 32.2. The highest BCUT2D eigenvalue weighted by Crippen LogP contribution is 2.29. The minimum absolute atomic E-state index is 0.159. The third kappa shape index (κ3) is 6.08. The topological polar surface area (TPSA) is 86.7 Å². The normalized spacial score (nSPS) is 16.5. The molecule has 3 rings (SSSR count). The van der Waals surface area contributed by atoms with Gasteiger partial charge in [0, 0.05) is 13.1 Å². The molecular formula is C24H32N2O4S. The summed E-state index contributed by atoms with van der Waals surface area (Å²) in [5.74, 6) is 0.587. The predicted octanol–water partition coefficient (Wildman–Crippen LogP) is 3.80. The first kappa shape index (κ1) is 23.3. The highest BCUT2D eigenvalue weighted by molar-refractivity contribution is 7.89. The second kappa shape index (κ2) is 9.83. The van der Waals surface area contributed by atoms with E-state index < -0.39 is 16.1 Å². The summed E-state index contributed by atoms with van der Waals surface area (Å²) in [5, 5.41) is 9.48. The van der Waals surface area contributed by atoms with Crippen molar-refractivity contribution in [1.29, 1.82) is 0 Å². The van der Waals surface area contributed by atoms with Crippen LogP contribution in [-0.4, -0.2) is 43.5 Å². The molecule has 1 unspecified atom stereocenters. The maximum atomic E-state index is 13.3. The monoisotopic (exact) mass is 444 g/mol. The van der Waals surface area contributed by atoms with E-state index in [0.717, 1.165) is 24.0 Å². The zero-order valence-corrected chi connectivity index (χ0v) is 19.2. The van der Waals surface area contributed by atoms with Crippen LogP contribution in [0.4, 0.5) is 0 Å². The van der Waals surface area contributed by atoms with Crippen molar-refractivity contribution in [2.75, 3.05) is 13.1 Å². The summed E-state index contributed by atoms with van der Waals surface area (Å²) in [6, 6.07) is 13.1. The Hall–Kier alpha value is -2.38. The molecule has 1 amide bonds. The lowest BCUT2D eigenvalue weighted by Gasteiger charge is -2.35. The van der Waals surface area contributed by atoms with Crippen LogP contribution in [-0.2, 0) is 14.8 Å². The van der Waals surface area contributed by atoms with Crippen molar-refractivity contribution in [2.45, 2.75) is 56.9 Å². The van der Waals surface area contributed by atoms with Gasteiger partial charge in [0.2, 0.25) is 15.9 Å². The van der Waals surface area contributed by atoms with Crippen LogP contribution in [0, 0.1) is 12.8 Å². The van der Waals surface area contributed by atoms with Crippen LogP contribution in [0.2, 0.25) is 0 Å². The van der Waals surface area contributed by atoms with Gasteiger partial charge in [0.25, 0.3) is 0 Å². The minimum atomic E-state index is -3.78. The van der Waals surface area contributed by atoms with E-state index in [4.69, 9.17) is 0 Å². The predicted molar refractivity (Wildman–Crippen MR) is 121 cm³/mol.